The summed E-state index contributed by atoms with van der Waals surface area (Å²) in [7, 11) is 0. The van der Waals surface area contributed by atoms with Gasteiger partial charge >= 0.3 is 0 Å². The molecule has 2 amide bonds. The number of ether oxygens (including phenoxy) is 1. The molecule has 1 fully saturated rings. The Balaban J connectivity index is 1.63. The predicted molar refractivity (Wildman–Crippen MR) is 108 cm³/mol. The molecule has 0 atom stereocenters. The lowest BCUT2D eigenvalue weighted by Gasteiger charge is -2.09. The second-order valence-corrected chi connectivity index (χ2v) is 7.73. The quantitative estimate of drug-likeness (QED) is 0.568. The second-order valence-electron chi connectivity index (χ2n) is 5.82. The van der Waals surface area contributed by atoms with Gasteiger partial charge in [-0.15, -0.1) is 0 Å². The average Bonchev–Trinajstić information content (AvgIpc) is 2.90. The van der Waals surface area contributed by atoms with Crippen LogP contribution in [-0.4, -0.2) is 22.6 Å². The Hall–Kier alpha value is -2.05. The molecule has 1 aliphatic rings. The van der Waals surface area contributed by atoms with Crippen molar-refractivity contribution < 1.29 is 14.3 Å². The number of hydrogen-bond acceptors (Lipinski definition) is 4. The molecule has 0 saturated carbocycles. The van der Waals surface area contributed by atoms with E-state index in [0.29, 0.717) is 18.1 Å². The Bertz CT molecular complexity index is 831. The Morgan fingerprint density at radius 1 is 1.08 bits per heavy atom. The van der Waals surface area contributed by atoms with Crippen molar-refractivity contribution in [1.29, 1.82) is 0 Å². The number of rotatable bonds is 6. The summed E-state index contributed by atoms with van der Waals surface area (Å²) in [5, 5.41) is -0.197. The van der Waals surface area contributed by atoms with Gasteiger partial charge in [-0.1, -0.05) is 47.1 Å². The molecule has 1 heterocycles. The molecule has 4 nitrogen and oxygen atoms in total. The Labute approximate surface area is 165 Å². The van der Waals surface area contributed by atoms with Crippen molar-refractivity contribution in [2.24, 2.45) is 0 Å². The highest BCUT2D eigenvalue weighted by Gasteiger charge is 2.34. The summed E-state index contributed by atoms with van der Waals surface area (Å²) in [6.45, 7) is 2.90. The molecule has 0 bridgehead atoms. The maximum absolute atomic E-state index is 12.2. The molecule has 2 aromatic carbocycles. The first-order valence-electron chi connectivity index (χ1n) is 8.29. The van der Waals surface area contributed by atoms with Crippen LogP contribution in [0, 0.1) is 0 Å². The molecule has 0 spiro atoms. The molecule has 0 N–H and O–H groups in total. The van der Waals surface area contributed by atoms with E-state index in [4.69, 9.17) is 4.74 Å². The van der Waals surface area contributed by atoms with Gasteiger partial charge in [0, 0.05) is 11.0 Å². The molecule has 0 aromatic heterocycles. The SMILES string of the molecule is CCCN1C(=O)SC(=Cc2ccc(OCc3ccc(Br)cc3)cc2)C1=O. The molecular weight excluding hydrogens is 414 g/mol. The van der Waals surface area contributed by atoms with E-state index in [0.717, 1.165) is 39.5 Å². The molecule has 2 aromatic rings. The summed E-state index contributed by atoms with van der Waals surface area (Å²) in [6, 6.07) is 15.5. The van der Waals surface area contributed by atoms with Crippen LogP contribution in [0.1, 0.15) is 24.5 Å². The minimum Gasteiger partial charge on any atom is -0.489 e. The van der Waals surface area contributed by atoms with Crippen molar-refractivity contribution >= 4 is 44.9 Å². The molecule has 0 aliphatic carbocycles. The third-order valence-corrected chi connectivity index (χ3v) is 5.25. The molecule has 1 saturated heterocycles. The summed E-state index contributed by atoms with van der Waals surface area (Å²) < 4.78 is 6.81. The van der Waals surface area contributed by atoms with E-state index >= 15 is 0 Å². The van der Waals surface area contributed by atoms with Crippen molar-refractivity contribution in [3.8, 4) is 5.75 Å². The smallest absolute Gasteiger partial charge is 0.293 e. The molecule has 6 heteroatoms. The zero-order chi connectivity index (χ0) is 18.5. The van der Waals surface area contributed by atoms with Crippen LogP contribution in [0.5, 0.6) is 5.75 Å². The maximum atomic E-state index is 12.2. The maximum Gasteiger partial charge on any atom is 0.293 e. The molecule has 0 unspecified atom stereocenters. The number of benzene rings is 2. The van der Waals surface area contributed by atoms with Crippen LogP contribution >= 0.6 is 27.7 Å². The minimum atomic E-state index is -0.211. The monoisotopic (exact) mass is 431 g/mol. The lowest BCUT2D eigenvalue weighted by atomic mass is 10.2. The number of thioether (sulfide) groups is 1. The van der Waals surface area contributed by atoms with Gasteiger partial charge in [0.05, 0.1) is 4.91 Å². The number of carbonyl (C=O) groups is 2. The first-order chi connectivity index (χ1) is 12.6. The molecule has 0 radical (unpaired) electrons. The van der Waals surface area contributed by atoms with Gasteiger partial charge in [0.15, 0.2) is 0 Å². The van der Waals surface area contributed by atoms with Gasteiger partial charge in [0.25, 0.3) is 11.1 Å². The summed E-state index contributed by atoms with van der Waals surface area (Å²) in [4.78, 5) is 25.9. The number of carbonyl (C=O) groups excluding carboxylic acids is 2. The van der Waals surface area contributed by atoms with Crippen LogP contribution < -0.4 is 4.74 Å². The van der Waals surface area contributed by atoms with Gasteiger partial charge in [-0.3, -0.25) is 14.5 Å². The molecule has 1 aliphatic heterocycles. The molecule has 26 heavy (non-hydrogen) atoms. The first kappa shape index (κ1) is 18.7. The van der Waals surface area contributed by atoms with Crippen LogP contribution in [0.3, 0.4) is 0 Å². The standard InChI is InChI=1S/C20H18BrNO3S/c1-2-11-22-19(23)18(26-20(22)24)12-14-5-9-17(10-6-14)25-13-15-3-7-16(21)8-4-15/h3-10,12H,2,11,13H2,1H3. The first-order valence-corrected chi connectivity index (χ1v) is 9.90. The fourth-order valence-electron chi connectivity index (χ4n) is 2.48. The third-order valence-electron chi connectivity index (χ3n) is 3.82. The Kier molecular flexibility index (Phi) is 6.16. The van der Waals surface area contributed by atoms with Crippen LogP contribution in [0.25, 0.3) is 6.08 Å². The van der Waals surface area contributed by atoms with Crippen LogP contribution in [0.2, 0.25) is 0 Å². The van der Waals surface area contributed by atoms with Gasteiger partial charge in [-0.05, 0) is 59.7 Å². The number of halogens is 1. The highest BCUT2D eigenvalue weighted by molar-refractivity contribution is 9.10. The highest BCUT2D eigenvalue weighted by Crippen LogP contribution is 2.32. The van der Waals surface area contributed by atoms with E-state index in [1.807, 2.05) is 55.5 Å². The largest absolute Gasteiger partial charge is 0.489 e. The summed E-state index contributed by atoms with van der Waals surface area (Å²) in [6.07, 6.45) is 2.51. The van der Waals surface area contributed by atoms with Crippen molar-refractivity contribution in [2.75, 3.05) is 6.54 Å². The lowest BCUT2D eigenvalue weighted by molar-refractivity contribution is -0.122. The van der Waals surface area contributed by atoms with E-state index in [9.17, 15) is 9.59 Å². The van der Waals surface area contributed by atoms with Gasteiger partial charge < -0.3 is 4.74 Å². The number of amides is 2. The van der Waals surface area contributed by atoms with Crippen molar-refractivity contribution in [3.05, 3.63) is 69.0 Å². The predicted octanol–water partition coefficient (Wildman–Crippen LogP) is 5.47. The number of hydrogen-bond donors (Lipinski definition) is 0. The van der Waals surface area contributed by atoms with Gasteiger partial charge in [-0.25, -0.2) is 0 Å². The zero-order valence-corrected chi connectivity index (χ0v) is 16.7. The Morgan fingerprint density at radius 3 is 2.42 bits per heavy atom. The van der Waals surface area contributed by atoms with Gasteiger partial charge in [0.1, 0.15) is 12.4 Å². The fraction of sp³-hybridized carbons (Fsp3) is 0.200. The van der Waals surface area contributed by atoms with Crippen molar-refractivity contribution in [3.63, 3.8) is 0 Å². The van der Waals surface area contributed by atoms with Gasteiger partial charge in [-0.2, -0.15) is 0 Å². The van der Waals surface area contributed by atoms with Crippen molar-refractivity contribution in [2.45, 2.75) is 20.0 Å². The highest BCUT2D eigenvalue weighted by atomic mass is 79.9. The lowest BCUT2D eigenvalue weighted by Crippen LogP contribution is -2.28. The van der Waals surface area contributed by atoms with E-state index in [1.54, 1.807) is 6.08 Å². The minimum absolute atomic E-state index is 0.197. The fourth-order valence-corrected chi connectivity index (χ4v) is 3.60. The zero-order valence-electron chi connectivity index (χ0n) is 14.3. The summed E-state index contributed by atoms with van der Waals surface area (Å²) >= 11 is 4.40. The molecular formula is C20H18BrNO3S. The van der Waals surface area contributed by atoms with E-state index < -0.39 is 0 Å². The van der Waals surface area contributed by atoms with Crippen LogP contribution in [-0.2, 0) is 11.4 Å². The van der Waals surface area contributed by atoms with E-state index in [2.05, 4.69) is 15.9 Å². The summed E-state index contributed by atoms with van der Waals surface area (Å²) in [5.74, 6) is 0.543. The van der Waals surface area contributed by atoms with Crippen LogP contribution in [0.4, 0.5) is 4.79 Å². The second kappa shape index (κ2) is 8.56. The topological polar surface area (TPSA) is 46.6 Å². The van der Waals surface area contributed by atoms with E-state index in [1.165, 1.54) is 4.90 Å². The Morgan fingerprint density at radius 2 is 1.77 bits per heavy atom. The number of imide groups is 1. The number of nitrogens with zero attached hydrogens (tertiary/aromatic N) is 1. The van der Waals surface area contributed by atoms with Crippen LogP contribution in [0.15, 0.2) is 57.9 Å². The van der Waals surface area contributed by atoms with E-state index in [-0.39, 0.29) is 11.1 Å². The van der Waals surface area contributed by atoms with Crippen molar-refractivity contribution in [1.82, 2.24) is 4.90 Å². The average molecular weight is 432 g/mol. The molecule has 3 rings (SSSR count). The summed E-state index contributed by atoms with van der Waals surface area (Å²) in [5.41, 5.74) is 1.95. The van der Waals surface area contributed by atoms with Gasteiger partial charge in [0.2, 0.25) is 0 Å². The normalized spacial score (nSPS) is 15.8. The molecule has 134 valence electrons. The third kappa shape index (κ3) is 4.56.